The molecule has 0 unspecified atom stereocenters. The second-order valence-corrected chi connectivity index (χ2v) is 4.15. The van der Waals surface area contributed by atoms with Gasteiger partial charge in [0.1, 0.15) is 17.3 Å². The van der Waals surface area contributed by atoms with Gasteiger partial charge in [-0.3, -0.25) is 4.79 Å². The maximum absolute atomic E-state index is 13.1. The molecule has 0 fully saturated rings. The zero-order valence-corrected chi connectivity index (χ0v) is 10.1. The molecular formula is C14H12FNO3. The molecule has 5 heteroatoms. The SMILES string of the molecule is Cc1ccc(F)cc1NC(=O)c1cc(O)cc(O)c1. The molecular weight excluding hydrogens is 249 g/mol. The lowest BCUT2D eigenvalue weighted by molar-refractivity contribution is 0.102. The lowest BCUT2D eigenvalue weighted by Crippen LogP contribution is -2.12. The molecule has 4 nitrogen and oxygen atoms in total. The van der Waals surface area contributed by atoms with Gasteiger partial charge in [-0.25, -0.2) is 4.39 Å². The minimum atomic E-state index is -0.542. The predicted molar refractivity (Wildman–Crippen MR) is 68.9 cm³/mol. The lowest BCUT2D eigenvalue weighted by atomic mass is 10.1. The molecule has 19 heavy (non-hydrogen) atoms. The van der Waals surface area contributed by atoms with Crippen molar-refractivity contribution in [2.45, 2.75) is 6.92 Å². The highest BCUT2D eigenvalue weighted by molar-refractivity contribution is 6.05. The topological polar surface area (TPSA) is 69.6 Å². The van der Waals surface area contributed by atoms with Crippen LogP contribution < -0.4 is 5.32 Å². The van der Waals surface area contributed by atoms with E-state index >= 15 is 0 Å². The number of carbonyl (C=O) groups excluding carboxylic acids is 1. The van der Waals surface area contributed by atoms with Crippen molar-refractivity contribution in [2.24, 2.45) is 0 Å². The van der Waals surface area contributed by atoms with Gasteiger partial charge in [-0.1, -0.05) is 6.07 Å². The summed E-state index contributed by atoms with van der Waals surface area (Å²) in [6, 6.07) is 7.59. The average molecular weight is 261 g/mol. The number of nitrogens with one attached hydrogen (secondary N) is 1. The summed E-state index contributed by atoms with van der Waals surface area (Å²) < 4.78 is 13.1. The summed E-state index contributed by atoms with van der Waals surface area (Å²) in [7, 11) is 0. The number of anilines is 1. The molecule has 1 amide bonds. The molecule has 3 N–H and O–H groups in total. The number of phenols is 2. The van der Waals surface area contributed by atoms with Crippen LogP contribution in [0.25, 0.3) is 0 Å². The summed E-state index contributed by atoms with van der Waals surface area (Å²) in [6.45, 7) is 1.73. The van der Waals surface area contributed by atoms with Crippen molar-refractivity contribution in [2.75, 3.05) is 5.32 Å². The van der Waals surface area contributed by atoms with E-state index in [0.717, 1.165) is 6.07 Å². The zero-order chi connectivity index (χ0) is 14.0. The summed E-state index contributed by atoms with van der Waals surface area (Å²) in [5.74, 6) is -1.44. The van der Waals surface area contributed by atoms with Crippen LogP contribution in [0.15, 0.2) is 36.4 Å². The zero-order valence-electron chi connectivity index (χ0n) is 10.1. The Hall–Kier alpha value is -2.56. The van der Waals surface area contributed by atoms with Gasteiger partial charge in [0.25, 0.3) is 5.91 Å². The van der Waals surface area contributed by atoms with Gasteiger partial charge < -0.3 is 15.5 Å². The normalized spacial score (nSPS) is 10.2. The Bertz CT molecular complexity index is 620. The number of aromatic hydroxyl groups is 2. The molecule has 0 aliphatic carbocycles. The molecule has 0 heterocycles. The van der Waals surface area contributed by atoms with Gasteiger partial charge in [0.15, 0.2) is 0 Å². The van der Waals surface area contributed by atoms with Gasteiger partial charge in [-0.2, -0.15) is 0 Å². The van der Waals surface area contributed by atoms with E-state index in [2.05, 4.69) is 5.32 Å². The van der Waals surface area contributed by atoms with Gasteiger partial charge in [-0.05, 0) is 36.8 Å². The molecule has 0 spiro atoms. The van der Waals surface area contributed by atoms with E-state index in [1.165, 1.54) is 24.3 Å². The highest BCUT2D eigenvalue weighted by Crippen LogP contribution is 2.22. The van der Waals surface area contributed by atoms with Gasteiger partial charge in [0.05, 0.1) is 0 Å². The molecule has 0 bridgehead atoms. The first-order chi connectivity index (χ1) is 8.95. The Labute approximate surface area is 109 Å². The van der Waals surface area contributed by atoms with Crippen LogP contribution in [-0.2, 0) is 0 Å². The molecule has 2 rings (SSSR count). The average Bonchev–Trinajstić information content (AvgIpc) is 2.32. The highest BCUT2D eigenvalue weighted by Gasteiger charge is 2.10. The van der Waals surface area contributed by atoms with Crippen LogP contribution >= 0.6 is 0 Å². The number of carbonyl (C=O) groups is 1. The van der Waals surface area contributed by atoms with Crippen molar-refractivity contribution < 1.29 is 19.4 Å². The predicted octanol–water partition coefficient (Wildman–Crippen LogP) is 2.80. The first kappa shape index (κ1) is 12.9. The molecule has 0 radical (unpaired) electrons. The van der Waals surface area contributed by atoms with Crippen LogP contribution in [0.2, 0.25) is 0 Å². The Balaban J connectivity index is 2.28. The molecule has 0 atom stereocenters. The molecule has 0 aromatic heterocycles. The van der Waals surface area contributed by atoms with Crippen LogP contribution in [0.3, 0.4) is 0 Å². The van der Waals surface area contributed by atoms with Crippen LogP contribution in [-0.4, -0.2) is 16.1 Å². The number of benzene rings is 2. The van der Waals surface area contributed by atoms with Crippen molar-refractivity contribution in [1.82, 2.24) is 0 Å². The summed E-state index contributed by atoms with van der Waals surface area (Å²) in [4.78, 5) is 11.9. The third-order valence-corrected chi connectivity index (χ3v) is 2.61. The molecule has 2 aromatic rings. The fourth-order valence-corrected chi connectivity index (χ4v) is 1.65. The Morgan fingerprint density at radius 1 is 1.11 bits per heavy atom. The fourth-order valence-electron chi connectivity index (χ4n) is 1.65. The second kappa shape index (κ2) is 4.97. The number of halogens is 1. The molecule has 0 aliphatic heterocycles. The van der Waals surface area contributed by atoms with Gasteiger partial charge in [0, 0.05) is 17.3 Å². The quantitative estimate of drug-likeness (QED) is 0.778. The third-order valence-electron chi connectivity index (χ3n) is 2.61. The van der Waals surface area contributed by atoms with E-state index in [1.807, 2.05) is 0 Å². The number of aryl methyl sites for hydroxylation is 1. The number of hydrogen-bond donors (Lipinski definition) is 3. The van der Waals surface area contributed by atoms with E-state index in [-0.39, 0.29) is 17.1 Å². The highest BCUT2D eigenvalue weighted by atomic mass is 19.1. The van der Waals surface area contributed by atoms with Gasteiger partial charge in [-0.15, -0.1) is 0 Å². The Kier molecular flexibility index (Phi) is 3.37. The molecule has 0 aliphatic rings. The minimum absolute atomic E-state index is 0.0844. The number of phenolic OH excluding ortho intramolecular Hbond substituents is 2. The fraction of sp³-hybridized carbons (Fsp3) is 0.0714. The van der Waals surface area contributed by atoms with E-state index in [4.69, 9.17) is 0 Å². The number of rotatable bonds is 2. The number of hydrogen-bond acceptors (Lipinski definition) is 3. The van der Waals surface area contributed by atoms with E-state index in [1.54, 1.807) is 13.0 Å². The van der Waals surface area contributed by atoms with Crippen LogP contribution in [0.5, 0.6) is 11.5 Å². The van der Waals surface area contributed by atoms with Crippen molar-refractivity contribution in [1.29, 1.82) is 0 Å². The first-order valence-corrected chi connectivity index (χ1v) is 5.56. The van der Waals surface area contributed by atoms with Crippen molar-refractivity contribution in [3.05, 3.63) is 53.3 Å². The van der Waals surface area contributed by atoms with Crippen molar-refractivity contribution >= 4 is 11.6 Å². The smallest absolute Gasteiger partial charge is 0.255 e. The molecule has 0 saturated carbocycles. The Morgan fingerprint density at radius 2 is 1.74 bits per heavy atom. The Morgan fingerprint density at radius 3 is 2.37 bits per heavy atom. The summed E-state index contributed by atoms with van der Waals surface area (Å²) in [5, 5.41) is 21.1. The summed E-state index contributed by atoms with van der Waals surface area (Å²) in [5.41, 5.74) is 1.13. The van der Waals surface area contributed by atoms with Crippen LogP contribution in [0.4, 0.5) is 10.1 Å². The van der Waals surface area contributed by atoms with Crippen LogP contribution in [0, 0.1) is 12.7 Å². The van der Waals surface area contributed by atoms with Crippen LogP contribution in [0.1, 0.15) is 15.9 Å². The second-order valence-electron chi connectivity index (χ2n) is 4.15. The van der Waals surface area contributed by atoms with Crippen molar-refractivity contribution in [3.63, 3.8) is 0 Å². The summed E-state index contributed by atoms with van der Waals surface area (Å²) in [6.07, 6.45) is 0. The maximum Gasteiger partial charge on any atom is 0.255 e. The maximum atomic E-state index is 13.1. The minimum Gasteiger partial charge on any atom is -0.508 e. The van der Waals surface area contributed by atoms with E-state index in [0.29, 0.717) is 11.3 Å². The van der Waals surface area contributed by atoms with Gasteiger partial charge in [0.2, 0.25) is 0 Å². The largest absolute Gasteiger partial charge is 0.508 e. The third kappa shape index (κ3) is 3.01. The molecule has 0 saturated heterocycles. The van der Waals surface area contributed by atoms with Gasteiger partial charge >= 0.3 is 0 Å². The lowest BCUT2D eigenvalue weighted by Gasteiger charge is -2.09. The molecule has 98 valence electrons. The first-order valence-electron chi connectivity index (χ1n) is 5.56. The van der Waals surface area contributed by atoms with E-state index < -0.39 is 11.7 Å². The monoisotopic (exact) mass is 261 g/mol. The molecule has 2 aromatic carbocycles. The van der Waals surface area contributed by atoms with E-state index in [9.17, 15) is 19.4 Å². The van der Waals surface area contributed by atoms with Crippen molar-refractivity contribution in [3.8, 4) is 11.5 Å². The number of amides is 1. The standard InChI is InChI=1S/C14H12FNO3/c1-8-2-3-10(15)6-13(8)16-14(19)9-4-11(17)7-12(18)5-9/h2-7,17-18H,1H3,(H,16,19). The summed E-state index contributed by atoms with van der Waals surface area (Å²) >= 11 is 0.